The number of urea groups is 1. The van der Waals surface area contributed by atoms with Gasteiger partial charge in [0.2, 0.25) is 10.0 Å². The summed E-state index contributed by atoms with van der Waals surface area (Å²) in [5, 5.41) is 5.38. The van der Waals surface area contributed by atoms with Crippen LogP contribution in [-0.2, 0) is 21.3 Å². The number of pyridine rings is 1. The second-order valence-corrected chi connectivity index (χ2v) is 8.46. The maximum atomic E-state index is 12.4. The van der Waals surface area contributed by atoms with Gasteiger partial charge in [-0.2, -0.15) is 0 Å². The van der Waals surface area contributed by atoms with Crippen molar-refractivity contribution >= 4 is 21.7 Å². The number of hydrogen-bond acceptors (Lipinski definition) is 5. The van der Waals surface area contributed by atoms with Crippen LogP contribution in [-0.4, -0.2) is 38.2 Å². The Balaban J connectivity index is 1.50. The molecular weight excluding hydrogens is 380 g/mol. The van der Waals surface area contributed by atoms with E-state index in [0.717, 1.165) is 18.4 Å². The normalized spacial score (nSPS) is 19.3. The van der Waals surface area contributed by atoms with Gasteiger partial charge in [0.1, 0.15) is 0 Å². The number of hydrogen-bond donors (Lipinski definition) is 3. The highest BCUT2D eigenvalue weighted by Gasteiger charge is 2.24. The Morgan fingerprint density at radius 3 is 2.64 bits per heavy atom. The first-order chi connectivity index (χ1) is 13.4. The van der Waals surface area contributed by atoms with Crippen LogP contribution in [0.4, 0.5) is 10.5 Å². The summed E-state index contributed by atoms with van der Waals surface area (Å²) < 4.78 is 33.0. The molecule has 2 amide bonds. The largest absolute Gasteiger partial charge is 0.374 e. The van der Waals surface area contributed by atoms with Gasteiger partial charge >= 0.3 is 6.03 Å². The van der Waals surface area contributed by atoms with Crippen molar-refractivity contribution in [2.45, 2.75) is 43.4 Å². The molecule has 28 heavy (non-hydrogen) atoms. The average molecular weight is 404 g/mol. The van der Waals surface area contributed by atoms with E-state index in [-0.39, 0.29) is 29.7 Å². The zero-order chi connectivity index (χ0) is 20.0. The van der Waals surface area contributed by atoms with Gasteiger partial charge in [-0.05, 0) is 55.7 Å². The molecule has 2 atom stereocenters. The molecule has 3 rings (SSSR count). The number of sulfonamides is 1. The van der Waals surface area contributed by atoms with Gasteiger partial charge in [-0.3, -0.25) is 4.98 Å². The zero-order valence-corrected chi connectivity index (χ0v) is 16.4. The van der Waals surface area contributed by atoms with E-state index in [0.29, 0.717) is 12.2 Å². The van der Waals surface area contributed by atoms with Crippen LogP contribution in [0.25, 0.3) is 0 Å². The number of ether oxygens (including phenoxy) is 1. The Morgan fingerprint density at radius 1 is 1.21 bits per heavy atom. The Kier molecular flexibility index (Phi) is 6.61. The van der Waals surface area contributed by atoms with Crippen molar-refractivity contribution in [3.8, 4) is 0 Å². The number of nitrogens with zero attached hydrogens (tertiary/aromatic N) is 1. The number of anilines is 1. The minimum absolute atomic E-state index is 0.0887. The van der Waals surface area contributed by atoms with Crippen molar-refractivity contribution in [3.05, 3.63) is 54.4 Å². The van der Waals surface area contributed by atoms with Gasteiger partial charge in [-0.25, -0.2) is 17.9 Å². The molecule has 2 heterocycles. The van der Waals surface area contributed by atoms with E-state index in [1.165, 1.54) is 12.1 Å². The van der Waals surface area contributed by atoms with Crippen molar-refractivity contribution in [2.24, 2.45) is 0 Å². The van der Waals surface area contributed by atoms with Crippen molar-refractivity contribution in [1.29, 1.82) is 0 Å². The zero-order valence-electron chi connectivity index (χ0n) is 15.6. The highest BCUT2D eigenvalue weighted by Crippen LogP contribution is 2.19. The van der Waals surface area contributed by atoms with Crippen molar-refractivity contribution < 1.29 is 17.9 Å². The molecule has 1 aromatic carbocycles. The summed E-state index contributed by atoms with van der Waals surface area (Å²) in [6.45, 7) is 2.58. The smallest absolute Gasteiger partial charge is 0.319 e. The molecule has 9 heteroatoms. The molecule has 0 radical (unpaired) electrons. The first-order valence-corrected chi connectivity index (χ1v) is 10.6. The lowest BCUT2D eigenvalue weighted by atomic mass is 10.2. The van der Waals surface area contributed by atoms with Crippen LogP contribution in [0, 0.1) is 0 Å². The van der Waals surface area contributed by atoms with Crippen LogP contribution in [0.3, 0.4) is 0 Å². The van der Waals surface area contributed by atoms with E-state index >= 15 is 0 Å². The molecular formula is C19H24N4O4S. The number of rotatable bonds is 7. The fraction of sp³-hybridized carbons (Fsp3) is 0.368. The summed E-state index contributed by atoms with van der Waals surface area (Å²) >= 11 is 0. The number of carbonyl (C=O) groups excluding carboxylic acids is 1. The third-order valence-corrected chi connectivity index (χ3v) is 5.86. The van der Waals surface area contributed by atoms with Gasteiger partial charge in [0.05, 0.1) is 17.1 Å². The van der Waals surface area contributed by atoms with Gasteiger partial charge in [0.15, 0.2) is 0 Å². The quantitative estimate of drug-likeness (QED) is 0.656. The molecule has 2 unspecified atom stereocenters. The summed E-state index contributed by atoms with van der Waals surface area (Å²) in [4.78, 5) is 16.1. The van der Waals surface area contributed by atoms with Crippen LogP contribution in [0.1, 0.15) is 25.3 Å². The summed E-state index contributed by atoms with van der Waals surface area (Å²) in [6, 6.07) is 9.27. The van der Waals surface area contributed by atoms with Crippen LogP contribution >= 0.6 is 0 Å². The van der Waals surface area contributed by atoms with E-state index in [1.807, 2.05) is 13.0 Å². The van der Waals surface area contributed by atoms with Gasteiger partial charge in [-0.15, -0.1) is 0 Å². The average Bonchev–Trinajstić information content (AvgIpc) is 3.11. The van der Waals surface area contributed by atoms with Crippen molar-refractivity contribution in [1.82, 2.24) is 15.0 Å². The molecule has 8 nitrogen and oxygen atoms in total. The fourth-order valence-corrected chi connectivity index (χ4v) is 3.97. The lowest BCUT2D eigenvalue weighted by Gasteiger charge is -2.13. The third-order valence-electron chi connectivity index (χ3n) is 4.42. The van der Waals surface area contributed by atoms with Gasteiger partial charge in [0.25, 0.3) is 0 Å². The Morgan fingerprint density at radius 2 is 2.00 bits per heavy atom. The Bertz CT molecular complexity index is 888. The van der Waals surface area contributed by atoms with E-state index in [2.05, 4.69) is 20.3 Å². The fourth-order valence-electron chi connectivity index (χ4n) is 2.90. The topological polar surface area (TPSA) is 109 Å². The summed E-state index contributed by atoms with van der Waals surface area (Å²) in [6.07, 6.45) is 5.20. The summed E-state index contributed by atoms with van der Waals surface area (Å²) in [7, 11) is -3.62. The molecule has 1 fully saturated rings. The monoisotopic (exact) mass is 404 g/mol. The second-order valence-electron chi connectivity index (χ2n) is 6.69. The maximum absolute atomic E-state index is 12.4. The molecule has 0 aliphatic carbocycles. The van der Waals surface area contributed by atoms with Crippen molar-refractivity contribution in [2.75, 3.05) is 11.9 Å². The molecule has 0 spiro atoms. The summed E-state index contributed by atoms with van der Waals surface area (Å²) in [5.74, 6) is 0. The van der Waals surface area contributed by atoms with Crippen LogP contribution in [0.2, 0.25) is 0 Å². The van der Waals surface area contributed by atoms with Crippen molar-refractivity contribution in [3.63, 3.8) is 0 Å². The standard InChI is InChI=1S/C19H24N4O4S/c1-14-4-7-17(27-14)13-22-28(25,26)18-8-5-16(6-9-18)23-19(24)21-12-15-3-2-10-20-11-15/h2-3,5-6,8-11,14,17,22H,4,7,12-13H2,1H3,(H2,21,23,24). The lowest BCUT2D eigenvalue weighted by Crippen LogP contribution is -2.32. The lowest BCUT2D eigenvalue weighted by molar-refractivity contribution is 0.0591. The third kappa shape index (κ3) is 5.75. The molecule has 3 N–H and O–H groups in total. The molecule has 1 aromatic heterocycles. The second kappa shape index (κ2) is 9.13. The first kappa shape index (κ1) is 20.2. The molecule has 1 aliphatic rings. The molecule has 1 aliphatic heterocycles. The molecule has 150 valence electrons. The van der Waals surface area contributed by atoms with Gasteiger partial charge < -0.3 is 15.4 Å². The SMILES string of the molecule is CC1CCC(CNS(=O)(=O)c2ccc(NC(=O)NCc3cccnc3)cc2)O1. The molecule has 0 bridgehead atoms. The number of nitrogens with one attached hydrogen (secondary N) is 3. The number of benzene rings is 1. The predicted octanol–water partition coefficient (Wildman–Crippen LogP) is 2.25. The highest BCUT2D eigenvalue weighted by molar-refractivity contribution is 7.89. The van der Waals surface area contributed by atoms with Crippen LogP contribution < -0.4 is 15.4 Å². The van der Waals surface area contributed by atoms with E-state index < -0.39 is 10.0 Å². The summed E-state index contributed by atoms with van der Waals surface area (Å²) in [5.41, 5.74) is 1.38. The first-order valence-electron chi connectivity index (χ1n) is 9.11. The minimum atomic E-state index is -3.62. The number of amides is 2. The van der Waals surface area contributed by atoms with E-state index in [1.54, 1.807) is 30.6 Å². The number of carbonyl (C=O) groups is 1. The molecule has 0 saturated carbocycles. The Labute approximate surface area is 164 Å². The van der Waals surface area contributed by atoms with Crippen LogP contribution in [0.5, 0.6) is 0 Å². The number of aromatic nitrogens is 1. The Hall–Kier alpha value is -2.49. The predicted molar refractivity (Wildman–Crippen MR) is 105 cm³/mol. The van der Waals surface area contributed by atoms with Gasteiger partial charge in [-0.1, -0.05) is 6.07 Å². The van der Waals surface area contributed by atoms with Gasteiger partial charge in [0, 0.05) is 31.2 Å². The highest BCUT2D eigenvalue weighted by atomic mass is 32.2. The van der Waals surface area contributed by atoms with E-state index in [4.69, 9.17) is 4.74 Å². The molecule has 1 saturated heterocycles. The maximum Gasteiger partial charge on any atom is 0.319 e. The van der Waals surface area contributed by atoms with Crippen LogP contribution in [0.15, 0.2) is 53.7 Å². The minimum Gasteiger partial charge on any atom is -0.374 e. The van der Waals surface area contributed by atoms with E-state index in [9.17, 15) is 13.2 Å². The molecule has 2 aromatic rings.